The Labute approximate surface area is 174 Å². The fourth-order valence-electron chi connectivity index (χ4n) is 3.31. The Hall–Kier alpha value is -2.96. The average Bonchev–Trinajstić information content (AvgIpc) is 3.22. The van der Waals surface area contributed by atoms with E-state index in [0.717, 1.165) is 31.1 Å². The molecule has 5 nitrogen and oxygen atoms in total. The highest BCUT2D eigenvalue weighted by molar-refractivity contribution is 7.07. The van der Waals surface area contributed by atoms with E-state index in [1.165, 1.54) is 17.2 Å². The Morgan fingerprint density at radius 1 is 1.24 bits per heavy atom. The summed E-state index contributed by atoms with van der Waals surface area (Å²) < 4.78 is 6.31. The minimum Gasteiger partial charge on any atom is -0.484 e. The van der Waals surface area contributed by atoms with Gasteiger partial charge in [0.05, 0.1) is 5.69 Å². The maximum Gasteiger partial charge on any atom is 0.244 e. The smallest absolute Gasteiger partial charge is 0.244 e. The number of benzene rings is 1. The lowest BCUT2D eigenvalue weighted by Crippen LogP contribution is -2.36. The molecule has 0 saturated heterocycles. The third-order valence-corrected chi connectivity index (χ3v) is 5.50. The van der Waals surface area contributed by atoms with Crippen LogP contribution in [0, 0.1) is 0 Å². The molecule has 1 aromatic carbocycles. The second kappa shape index (κ2) is 9.49. The normalized spacial score (nSPS) is 16.8. The lowest BCUT2D eigenvalue weighted by atomic mass is 10.2. The van der Waals surface area contributed by atoms with Gasteiger partial charge in [0, 0.05) is 49.6 Å². The first kappa shape index (κ1) is 19.4. The van der Waals surface area contributed by atoms with E-state index in [0.29, 0.717) is 6.54 Å². The number of rotatable bonds is 6. The van der Waals surface area contributed by atoms with Crippen LogP contribution in [0.25, 0.3) is 6.08 Å². The predicted octanol–water partition coefficient (Wildman–Crippen LogP) is 3.91. The first-order chi connectivity index (χ1) is 14.3. The van der Waals surface area contributed by atoms with Crippen LogP contribution in [0.15, 0.2) is 71.6 Å². The number of nitrogens with zero attached hydrogens (tertiary/aromatic N) is 2. The summed E-state index contributed by atoms with van der Waals surface area (Å²) in [7, 11) is 0. The van der Waals surface area contributed by atoms with Gasteiger partial charge in [-0.2, -0.15) is 11.3 Å². The highest BCUT2D eigenvalue weighted by Crippen LogP contribution is 2.31. The number of amides is 1. The van der Waals surface area contributed by atoms with Gasteiger partial charge in [-0.05, 0) is 41.1 Å². The average molecular weight is 406 g/mol. The zero-order valence-corrected chi connectivity index (χ0v) is 16.8. The number of pyridine rings is 1. The van der Waals surface area contributed by atoms with Crippen molar-refractivity contribution in [2.24, 2.45) is 0 Å². The van der Waals surface area contributed by atoms with Crippen LogP contribution in [-0.2, 0) is 11.3 Å². The van der Waals surface area contributed by atoms with E-state index in [-0.39, 0.29) is 12.0 Å². The summed E-state index contributed by atoms with van der Waals surface area (Å²) in [5.41, 5.74) is 3.13. The molecule has 0 spiro atoms. The summed E-state index contributed by atoms with van der Waals surface area (Å²) in [5, 5.41) is 7.18. The summed E-state index contributed by atoms with van der Waals surface area (Å²) in [6.07, 6.45) is 4.94. The van der Waals surface area contributed by atoms with Gasteiger partial charge in [0.2, 0.25) is 5.91 Å². The molecule has 0 saturated carbocycles. The van der Waals surface area contributed by atoms with Crippen LogP contribution < -0.4 is 10.1 Å². The van der Waals surface area contributed by atoms with Crippen LogP contribution in [0.1, 0.15) is 22.9 Å². The molecule has 148 valence electrons. The summed E-state index contributed by atoms with van der Waals surface area (Å²) >= 11 is 1.68. The predicted molar refractivity (Wildman–Crippen MR) is 116 cm³/mol. The molecule has 1 atom stereocenters. The molecule has 0 radical (unpaired) electrons. The van der Waals surface area contributed by atoms with Crippen LogP contribution in [0.5, 0.6) is 5.75 Å². The molecule has 1 N–H and O–H groups in total. The molecular formula is C23H23N3O2S. The highest BCUT2D eigenvalue weighted by Gasteiger charge is 2.24. The molecule has 29 heavy (non-hydrogen) atoms. The molecule has 1 amide bonds. The minimum atomic E-state index is -0.114. The van der Waals surface area contributed by atoms with Gasteiger partial charge in [-0.1, -0.05) is 24.3 Å². The molecule has 0 fully saturated rings. The number of ether oxygens (including phenoxy) is 1. The highest BCUT2D eigenvalue weighted by atomic mass is 32.1. The van der Waals surface area contributed by atoms with Gasteiger partial charge in [0.15, 0.2) is 0 Å². The first-order valence-corrected chi connectivity index (χ1v) is 10.6. The fraction of sp³-hybridized carbons (Fsp3) is 0.217. The van der Waals surface area contributed by atoms with Gasteiger partial charge >= 0.3 is 0 Å². The molecule has 1 aliphatic heterocycles. The van der Waals surface area contributed by atoms with E-state index in [9.17, 15) is 4.79 Å². The number of thiophene rings is 1. The second-order valence-electron chi connectivity index (χ2n) is 6.88. The Morgan fingerprint density at radius 2 is 2.14 bits per heavy atom. The molecule has 3 heterocycles. The first-order valence-electron chi connectivity index (χ1n) is 9.64. The van der Waals surface area contributed by atoms with Crippen LogP contribution in [0.2, 0.25) is 0 Å². The van der Waals surface area contributed by atoms with E-state index in [1.54, 1.807) is 23.6 Å². The largest absolute Gasteiger partial charge is 0.484 e. The molecule has 0 aliphatic carbocycles. The number of hydrogen-bond donors (Lipinski definition) is 1. The van der Waals surface area contributed by atoms with Crippen molar-refractivity contribution >= 4 is 23.3 Å². The Bertz CT molecular complexity index is 957. The molecule has 6 heteroatoms. The third kappa shape index (κ3) is 5.31. The second-order valence-corrected chi connectivity index (χ2v) is 7.67. The topological polar surface area (TPSA) is 54.5 Å². The maximum absolute atomic E-state index is 12.1. The van der Waals surface area contributed by atoms with Crippen molar-refractivity contribution in [2.45, 2.75) is 12.6 Å². The van der Waals surface area contributed by atoms with Crippen molar-refractivity contribution in [3.05, 3.63) is 88.4 Å². The minimum absolute atomic E-state index is 0.00958. The van der Waals surface area contributed by atoms with Gasteiger partial charge in [0.1, 0.15) is 11.9 Å². The fourth-order valence-corrected chi connectivity index (χ4v) is 4.02. The van der Waals surface area contributed by atoms with Crippen molar-refractivity contribution in [1.29, 1.82) is 0 Å². The molecular weight excluding hydrogens is 382 g/mol. The van der Waals surface area contributed by atoms with E-state index >= 15 is 0 Å². The number of fused-ring (bicyclic) bond motifs is 1. The number of para-hydroxylation sites is 1. The van der Waals surface area contributed by atoms with E-state index in [1.807, 2.05) is 36.4 Å². The lowest BCUT2D eigenvalue weighted by Gasteiger charge is -2.23. The molecule has 3 aromatic rings. The van der Waals surface area contributed by atoms with Crippen molar-refractivity contribution < 1.29 is 9.53 Å². The summed E-state index contributed by atoms with van der Waals surface area (Å²) in [6.45, 7) is 2.91. The molecule has 0 bridgehead atoms. The zero-order chi connectivity index (χ0) is 19.9. The molecule has 1 unspecified atom stereocenters. The number of aromatic nitrogens is 1. The SMILES string of the molecule is O=C(/C=C/c1ccccn1)NCCN1Cc2ccccc2OC(c2ccsc2)C1. The quantitative estimate of drug-likeness (QED) is 0.632. The number of carbonyl (C=O) groups is 1. The van der Waals surface area contributed by atoms with E-state index < -0.39 is 0 Å². The Kier molecular flexibility index (Phi) is 6.34. The Morgan fingerprint density at radius 3 is 2.97 bits per heavy atom. The maximum atomic E-state index is 12.1. The summed E-state index contributed by atoms with van der Waals surface area (Å²) in [4.78, 5) is 18.6. The van der Waals surface area contributed by atoms with Gasteiger partial charge in [0.25, 0.3) is 0 Å². The van der Waals surface area contributed by atoms with Gasteiger partial charge in [-0.15, -0.1) is 0 Å². The van der Waals surface area contributed by atoms with Crippen LogP contribution in [-0.4, -0.2) is 35.4 Å². The Balaban J connectivity index is 1.36. The standard InChI is InChI=1S/C23H23N3O2S/c27-23(9-8-20-6-3-4-11-24-20)25-12-13-26-15-18-5-1-2-7-21(18)28-22(16-26)19-10-14-29-17-19/h1-11,14,17,22H,12-13,15-16H2,(H,25,27)/b9-8+. The molecule has 1 aliphatic rings. The van der Waals surface area contributed by atoms with Gasteiger partial charge in [-0.3, -0.25) is 14.7 Å². The number of carbonyl (C=O) groups excluding carboxylic acids is 1. The van der Waals surface area contributed by atoms with E-state index in [2.05, 4.69) is 38.1 Å². The van der Waals surface area contributed by atoms with Crippen LogP contribution in [0.3, 0.4) is 0 Å². The van der Waals surface area contributed by atoms with E-state index in [4.69, 9.17) is 4.74 Å². The molecule has 2 aromatic heterocycles. The number of nitrogens with one attached hydrogen (secondary N) is 1. The van der Waals surface area contributed by atoms with Crippen LogP contribution in [0.4, 0.5) is 0 Å². The van der Waals surface area contributed by atoms with Crippen LogP contribution >= 0.6 is 11.3 Å². The van der Waals surface area contributed by atoms with Crippen molar-refractivity contribution in [3.8, 4) is 5.75 Å². The number of hydrogen-bond acceptors (Lipinski definition) is 5. The summed E-state index contributed by atoms with van der Waals surface area (Å²) in [5.74, 6) is 0.824. The third-order valence-electron chi connectivity index (χ3n) is 4.80. The van der Waals surface area contributed by atoms with Crippen molar-refractivity contribution in [2.75, 3.05) is 19.6 Å². The van der Waals surface area contributed by atoms with Crippen molar-refractivity contribution in [1.82, 2.24) is 15.2 Å². The summed E-state index contributed by atoms with van der Waals surface area (Å²) in [6, 6.07) is 15.9. The zero-order valence-electron chi connectivity index (χ0n) is 16.0. The molecule has 4 rings (SSSR count). The monoisotopic (exact) mass is 405 g/mol. The van der Waals surface area contributed by atoms with Crippen molar-refractivity contribution in [3.63, 3.8) is 0 Å². The van der Waals surface area contributed by atoms with Gasteiger partial charge in [-0.25, -0.2) is 0 Å². The van der Waals surface area contributed by atoms with Gasteiger partial charge < -0.3 is 10.1 Å². The lowest BCUT2D eigenvalue weighted by molar-refractivity contribution is -0.116.